The third-order valence-corrected chi connectivity index (χ3v) is 3.11. The third kappa shape index (κ3) is 3.20. The first-order chi connectivity index (χ1) is 9.46. The van der Waals surface area contributed by atoms with Crippen molar-refractivity contribution in [1.82, 2.24) is 0 Å². The van der Waals surface area contributed by atoms with E-state index < -0.39 is 23.8 Å². The lowest BCUT2D eigenvalue weighted by Crippen LogP contribution is -2.26. The molecule has 2 atom stereocenters. The largest absolute Gasteiger partial charge is 0.493 e. The van der Waals surface area contributed by atoms with Gasteiger partial charge in [0, 0.05) is 0 Å². The molecule has 20 heavy (non-hydrogen) atoms. The molecule has 0 spiro atoms. The van der Waals surface area contributed by atoms with Gasteiger partial charge in [0.2, 0.25) is 0 Å². The van der Waals surface area contributed by atoms with Gasteiger partial charge in [0.25, 0.3) is 0 Å². The quantitative estimate of drug-likeness (QED) is 0.799. The number of aliphatic carboxylic acids is 1. The van der Waals surface area contributed by atoms with Crippen molar-refractivity contribution in [2.24, 2.45) is 5.92 Å². The number of benzene rings is 1. The second-order valence-corrected chi connectivity index (χ2v) is 4.24. The minimum Gasteiger partial charge on any atom is -0.493 e. The molecule has 2 unspecified atom stereocenters. The molecule has 1 aromatic carbocycles. The summed E-state index contributed by atoms with van der Waals surface area (Å²) in [5.74, 6) is -2.60. The zero-order valence-electron chi connectivity index (χ0n) is 11.9. The van der Waals surface area contributed by atoms with E-state index in [1.807, 2.05) is 0 Å². The molecule has 1 aromatic rings. The molecule has 0 aliphatic heterocycles. The van der Waals surface area contributed by atoms with Crippen molar-refractivity contribution in [1.29, 1.82) is 0 Å². The van der Waals surface area contributed by atoms with E-state index in [4.69, 9.17) is 9.47 Å². The molecule has 0 radical (unpaired) electrons. The molecular weight excluding hydrogens is 264 g/mol. The Hall–Kier alpha value is -2.24. The highest BCUT2D eigenvalue weighted by Crippen LogP contribution is 2.33. The Bertz CT molecular complexity index is 496. The number of ether oxygens (including phenoxy) is 3. The highest BCUT2D eigenvalue weighted by atomic mass is 16.5. The van der Waals surface area contributed by atoms with E-state index in [9.17, 15) is 14.7 Å². The summed E-state index contributed by atoms with van der Waals surface area (Å²) in [4.78, 5) is 23.0. The van der Waals surface area contributed by atoms with Gasteiger partial charge in [-0.15, -0.1) is 0 Å². The van der Waals surface area contributed by atoms with Crippen molar-refractivity contribution in [3.8, 4) is 11.5 Å². The Balaban J connectivity index is 3.22. The van der Waals surface area contributed by atoms with Gasteiger partial charge in [-0.1, -0.05) is 13.0 Å². The van der Waals surface area contributed by atoms with Crippen LogP contribution in [-0.4, -0.2) is 38.4 Å². The summed E-state index contributed by atoms with van der Waals surface area (Å²) in [7, 11) is 4.18. The zero-order valence-corrected chi connectivity index (χ0v) is 11.9. The summed E-state index contributed by atoms with van der Waals surface area (Å²) >= 11 is 0. The van der Waals surface area contributed by atoms with Gasteiger partial charge in [-0.2, -0.15) is 0 Å². The van der Waals surface area contributed by atoms with Crippen LogP contribution in [0.25, 0.3) is 0 Å². The van der Waals surface area contributed by atoms with Crippen LogP contribution < -0.4 is 9.47 Å². The van der Waals surface area contributed by atoms with Gasteiger partial charge in [0.15, 0.2) is 11.5 Å². The van der Waals surface area contributed by atoms with Gasteiger partial charge in [-0.25, -0.2) is 0 Å². The molecular formula is C14H18O6. The number of carbonyl (C=O) groups excluding carboxylic acids is 1. The third-order valence-electron chi connectivity index (χ3n) is 3.11. The second-order valence-electron chi connectivity index (χ2n) is 4.24. The molecule has 0 saturated carbocycles. The van der Waals surface area contributed by atoms with Crippen molar-refractivity contribution in [3.63, 3.8) is 0 Å². The van der Waals surface area contributed by atoms with Gasteiger partial charge < -0.3 is 19.3 Å². The number of rotatable bonds is 6. The maximum Gasteiger partial charge on any atom is 0.311 e. The molecule has 0 fully saturated rings. The van der Waals surface area contributed by atoms with Crippen LogP contribution in [0.4, 0.5) is 0 Å². The first-order valence-electron chi connectivity index (χ1n) is 5.98. The number of carboxylic acid groups (broad SMARTS) is 1. The van der Waals surface area contributed by atoms with Crippen molar-refractivity contribution < 1.29 is 28.9 Å². The van der Waals surface area contributed by atoms with E-state index in [0.29, 0.717) is 17.1 Å². The van der Waals surface area contributed by atoms with Crippen LogP contribution in [0.3, 0.4) is 0 Å². The predicted octanol–water partition coefficient (Wildman–Crippen LogP) is 1.68. The summed E-state index contributed by atoms with van der Waals surface area (Å²) in [5, 5.41) is 9.35. The Morgan fingerprint density at radius 1 is 1.10 bits per heavy atom. The Labute approximate surface area is 117 Å². The van der Waals surface area contributed by atoms with Crippen LogP contribution in [-0.2, 0) is 14.3 Å². The van der Waals surface area contributed by atoms with E-state index in [1.54, 1.807) is 18.2 Å². The van der Waals surface area contributed by atoms with E-state index in [0.717, 1.165) is 0 Å². The van der Waals surface area contributed by atoms with Crippen LogP contribution in [0.5, 0.6) is 11.5 Å². The van der Waals surface area contributed by atoms with Gasteiger partial charge in [0.05, 0.1) is 33.2 Å². The smallest absolute Gasteiger partial charge is 0.311 e. The Morgan fingerprint density at radius 2 is 1.70 bits per heavy atom. The van der Waals surface area contributed by atoms with Crippen LogP contribution in [0.1, 0.15) is 18.4 Å². The minimum absolute atomic E-state index is 0.410. The molecule has 0 aliphatic carbocycles. The maximum absolute atomic E-state index is 11.6. The summed E-state index contributed by atoms with van der Waals surface area (Å²) in [6, 6.07) is 4.75. The molecule has 0 bridgehead atoms. The van der Waals surface area contributed by atoms with Crippen LogP contribution in [0, 0.1) is 5.92 Å². The highest BCUT2D eigenvalue weighted by molar-refractivity contribution is 5.85. The van der Waals surface area contributed by atoms with Crippen molar-refractivity contribution in [3.05, 3.63) is 23.8 Å². The number of esters is 1. The molecule has 6 heteroatoms. The van der Waals surface area contributed by atoms with Gasteiger partial charge in [-0.3, -0.25) is 9.59 Å². The SMILES string of the molecule is COC(=O)C(C)C(C(=O)O)c1ccc(OC)c(OC)c1. The highest BCUT2D eigenvalue weighted by Gasteiger charge is 2.32. The van der Waals surface area contributed by atoms with E-state index in [2.05, 4.69) is 4.74 Å². The molecule has 0 amide bonds. The number of carboxylic acids is 1. The molecule has 110 valence electrons. The van der Waals surface area contributed by atoms with Crippen molar-refractivity contribution in [2.45, 2.75) is 12.8 Å². The summed E-state index contributed by atoms with van der Waals surface area (Å²) in [6.07, 6.45) is 0. The summed E-state index contributed by atoms with van der Waals surface area (Å²) in [5.41, 5.74) is 0.452. The maximum atomic E-state index is 11.6. The van der Waals surface area contributed by atoms with Crippen LogP contribution in [0.2, 0.25) is 0 Å². The summed E-state index contributed by atoms with van der Waals surface area (Å²) in [6.45, 7) is 1.52. The molecule has 0 saturated heterocycles. The fourth-order valence-corrected chi connectivity index (χ4v) is 2.01. The number of hydrogen-bond acceptors (Lipinski definition) is 5. The van der Waals surface area contributed by atoms with Gasteiger partial charge in [0.1, 0.15) is 0 Å². The van der Waals surface area contributed by atoms with Crippen molar-refractivity contribution in [2.75, 3.05) is 21.3 Å². The summed E-state index contributed by atoms with van der Waals surface area (Å²) < 4.78 is 14.8. The van der Waals surface area contributed by atoms with Crippen LogP contribution >= 0.6 is 0 Å². The lowest BCUT2D eigenvalue weighted by Gasteiger charge is -2.19. The molecule has 0 aliphatic rings. The van der Waals surface area contributed by atoms with Crippen molar-refractivity contribution >= 4 is 11.9 Å². The number of methoxy groups -OCH3 is 3. The predicted molar refractivity (Wildman–Crippen MR) is 71.1 cm³/mol. The monoisotopic (exact) mass is 282 g/mol. The Kier molecular flexibility index (Phi) is 5.37. The number of hydrogen-bond donors (Lipinski definition) is 1. The topological polar surface area (TPSA) is 82.1 Å². The lowest BCUT2D eigenvalue weighted by atomic mass is 9.87. The molecule has 1 rings (SSSR count). The standard InChI is InChI=1S/C14H18O6/c1-8(14(17)20-4)12(13(15)16)9-5-6-10(18-2)11(7-9)19-3/h5-8,12H,1-4H3,(H,15,16). The first kappa shape index (κ1) is 15.8. The zero-order chi connectivity index (χ0) is 15.3. The average Bonchev–Trinajstić information content (AvgIpc) is 2.45. The molecule has 0 heterocycles. The second kappa shape index (κ2) is 6.79. The fourth-order valence-electron chi connectivity index (χ4n) is 2.01. The molecule has 0 aromatic heterocycles. The van der Waals surface area contributed by atoms with E-state index >= 15 is 0 Å². The lowest BCUT2D eigenvalue weighted by molar-refractivity contribution is -0.151. The molecule has 6 nitrogen and oxygen atoms in total. The van der Waals surface area contributed by atoms with Crippen LogP contribution in [0.15, 0.2) is 18.2 Å². The number of carbonyl (C=O) groups is 2. The van der Waals surface area contributed by atoms with E-state index in [-0.39, 0.29) is 0 Å². The average molecular weight is 282 g/mol. The fraction of sp³-hybridized carbons (Fsp3) is 0.429. The van der Waals surface area contributed by atoms with E-state index in [1.165, 1.54) is 28.3 Å². The van der Waals surface area contributed by atoms with Gasteiger partial charge in [-0.05, 0) is 17.7 Å². The Morgan fingerprint density at radius 3 is 2.15 bits per heavy atom. The first-order valence-corrected chi connectivity index (χ1v) is 5.98. The van der Waals surface area contributed by atoms with Gasteiger partial charge >= 0.3 is 11.9 Å². The minimum atomic E-state index is -1.10. The normalized spacial score (nSPS) is 13.2. The molecule has 1 N–H and O–H groups in total.